The molecule has 2 N–H and O–H groups in total. The maximum Gasteiger partial charge on any atom is 0.255 e. The van der Waals surface area contributed by atoms with Crippen molar-refractivity contribution in [2.75, 3.05) is 25.6 Å². The zero-order valence-electron chi connectivity index (χ0n) is 15.7. The molecule has 0 aliphatic rings. The van der Waals surface area contributed by atoms with Gasteiger partial charge in [0.25, 0.3) is 5.91 Å². The van der Waals surface area contributed by atoms with Crippen molar-refractivity contribution in [3.8, 4) is 11.5 Å². The van der Waals surface area contributed by atoms with Crippen molar-refractivity contribution >= 4 is 38.5 Å². The van der Waals surface area contributed by atoms with Crippen molar-refractivity contribution in [3.05, 3.63) is 48.0 Å². The van der Waals surface area contributed by atoms with Crippen LogP contribution < -0.4 is 20.1 Å². The van der Waals surface area contributed by atoms with Crippen LogP contribution >= 0.6 is 11.3 Å². The highest BCUT2D eigenvalue weighted by molar-refractivity contribution is 7.22. The van der Waals surface area contributed by atoms with E-state index >= 15 is 0 Å². The molecule has 8 heteroatoms. The highest BCUT2D eigenvalue weighted by atomic mass is 32.1. The van der Waals surface area contributed by atoms with Crippen molar-refractivity contribution in [3.63, 3.8) is 0 Å². The van der Waals surface area contributed by atoms with Crippen molar-refractivity contribution in [2.24, 2.45) is 0 Å². The number of hydrogen-bond acceptors (Lipinski definition) is 6. The number of hydrogen-bond donors (Lipinski definition) is 2. The molecule has 2 aromatic carbocycles. The number of benzene rings is 2. The second-order valence-electron chi connectivity index (χ2n) is 5.84. The molecule has 2 amide bonds. The largest absolute Gasteiger partial charge is 0.496 e. The van der Waals surface area contributed by atoms with E-state index in [4.69, 9.17) is 9.47 Å². The van der Waals surface area contributed by atoms with Crippen molar-refractivity contribution in [1.82, 2.24) is 10.3 Å². The van der Waals surface area contributed by atoms with Gasteiger partial charge in [-0.3, -0.25) is 9.59 Å². The molecule has 0 aliphatic carbocycles. The van der Waals surface area contributed by atoms with E-state index < -0.39 is 0 Å². The minimum atomic E-state index is -0.284. The zero-order valence-corrected chi connectivity index (χ0v) is 16.5. The molecule has 0 atom stereocenters. The van der Waals surface area contributed by atoms with Crippen LogP contribution in [-0.2, 0) is 4.79 Å². The Morgan fingerprint density at radius 1 is 1.18 bits per heavy atom. The first kappa shape index (κ1) is 19.6. The van der Waals surface area contributed by atoms with E-state index in [-0.39, 0.29) is 24.8 Å². The summed E-state index contributed by atoms with van der Waals surface area (Å²) in [5, 5.41) is 6.01. The topological polar surface area (TPSA) is 89.5 Å². The molecule has 0 unspecified atom stereocenters. The fourth-order valence-electron chi connectivity index (χ4n) is 2.61. The molecule has 0 saturated carbocycles. The number of carbonyl (C=O) groups is 2. The lowest BCUT2D eigenvalue weighted by Crippen LogP contribution is -2.28. The van der Waals surface area contributed by atoms with Gasteiger partial charge in [0.15, 0.2) is 5.13 Å². The summed E-state index contributed by atoms with van der Waals surface area (Å²) in [6.07, 6.45) is 0.140. The molecule has 0 radical (unpaired) electrons. The van der Waals surface area contributed by atoms with Crippen LogP contribution in [0.4, 0.5) is 5.13 Å². The Morgan fingerprint density at radius 3 is 2.79 bits per heavy atom. The highest BCUT2D eigenvalue weighted by Gasteiger charge is 2.12. The number of rotatable bonds is 8. The van der Waals surface area contributed by atoms with E-state index in [1.54, 1.807) is 24.3 Å². The molecule has 0 spiro atoms. The Morgan fingerprint density at radius 2 is 2.00 bits per heavy atom. The number of methoxy groups -OCH3 is 1. The van der Waals surface area contributed by atoms with Gasteiger partial charge in [0.05, 0.1) is 29.5 Å². The van der Waals surface area contributed by atoms with Crippen LogP contribution in [0.25, 0.3) is 10.2 Å². The van der Waals surface area contributed by atoms with E-state index in [1.807, 2.05) is 25.1 Å². The standard InChI is InChI=1S/C20H21N3O4S/c1-3-27-13-8-9-15-17(12-13)28-20(22-15)23-18(24)10-11-21-19(25)14-6-4-5-7-16(14)26-2/h4-9,12H,3,10-11H2,1-2H3,(H,21,25)(H,22,23,24). The van der Waals surface area contributed by atoms with Crippen molar-refractivity contribution < 1.29 is 19.1 Å². The van der Waals surface area contributed by atoms with Gasteiger partial charge >= 0.3 is 0 Å². The Balaban J connectivity index is 1.53. The number of thiazole rings is 1. The van der Waals surface area contributed by atoms with E-state index in [0.717, 1.165) is 16.0 Å². The van der Waals surface area contributed by atoms with Crippen LogP contribution in [0.3, 0.4) is 0 Å². The molecule has 3 rings (SSSR count). The summed E-state index contributed by atoms with van der Waals surface area (Å²) >= 11 is 1.38. The number of nitrogens with zero attached hydrogens (tertiary/aromatic N) is 1. The Kier molecular flexibility index (Phi) is 6.44. The molecule has 28 heavy (non-hydrogen) atoms. The number of carbonyl (C=O) groups excluding carboxylic acids is 2. The second-order valence-corrected chi connectivity index (χ2v) is 6.87. The van der Waals surface area contributed by atoms with Crippen LogP contribution in [0.5, 0.6) is 11.5 Å². The maximum absolute atomic E-state index is 12.2. The molecule has 1 aromatic heterocycles. The van der Waals surface area contributed by atoms with Gasteiger partial charge < -0.3 is 20.1 Å². The van der Waals surface area contributed by atoms with Crippen LogP contribution in [0.15, 0.2) is 42.5 Å². The molecular weight excluding hydrogens is 378 g/mol. The highest BCUT2D eigenvalue weighted by Crippen LogP contribution is 2.29. The second kappa shape index (κ2) is 9.18. The van der Waals surface area contributed by atoms with Gasteiger partial charge in [0.1, 0.15) is 11.5 Å². The Labute approximate surface area is 166 Å². The van der Waals surface area contributed by atoms with E-state index in [9.17, 15) is 9.59 Å². The third-order valence-electron chi connectivity index (χ3n) is 3.91. The normalized spacial score (nSPS) is 10.5. The lowest BCUT2D eigenvalue weighted by molar-refractivity contribution is -0.116. The third-order valence-corrected chi connectivity index (χ3v) is 4.84. The molecule has 0 saturated heterocycles. The molecule has 0 fully saturated rings. The van der Waals surface area contributed by atoms with Gasteiger partial charge in [-0.1, -0.05) is 23.5 Å². The van der Waals surface area contributed by atoms with E-state index in [1.165, 1.54) is 18.4 Å². The number of ether oxygens (including phenoxy) is 2. The van der Waals surface area contributed by atoms with Crippen molar-refractivity contribution in [1.29, 1.82) is 0 Å². The number of nitrogens with one attached hydrogen (secondary N) is 2. The average molecular weight is 399 g/mol. The first-order chi connectivity index (χ1) is 13.6. The van der Waals surface area contributed by atoms with Gasteiger partial charge in [0.2, 0.25) is 5.91 Å². The number of para-hydroxylation sites is 1. The van der Waals surface area contributed by atoms with Gasteiger partial charge in [-0.25, -0.2) is 4.98 Å². The van der Waals surface area contributed by atoms with Crippen LogP contribution in [0.1, 0.15) is 23.7 Å². The quantitative estimate of drug-likeness (QED) is 0.605. The summed E-state index contributed by atoms with van der Waals surface area (Å²) in [5.41, 5.74) is 1.23. The van der Waals surface area contributed by atoms with E-state index in [2.05, 4.69) is 15.6 Å². The maximum atomic E-state index is 12.2. The number of aromatic nitrogens is 1. The summed E-state index contributed by atoms with van der Waals surface area (Å²) in [5.74, 6) is 0.763. The first-order valence-electron chi connectivity index (χ1n) is 8.85. The molecule has 0 bridgehead atoms. The van der Waals surface area contributed by atoms with Gasteiger partial charge in [-0.2, -0.15) is 0 Å². The predicted molar refractivity (Wildman–Crippen MR) is 109 cm³/mol. The smallest absolute Gasteiger partial charge is 0.255 e. The number of amides is 2. The Bertz CT molecular complexity index is 986. The first-order valence-corrected chi connectivity index (χ1v) is 9.66. The monoisotopic (exact) mass is 399 g/mol. The zero-order chi connectivity index (χ0) is 19.9. The van der Waals surface area contributed by atoms with Crippen LogP contribution in [-0.4, -0.2) is 37.1 Å². The predicted octanol–water partition coefficient (Wildman–Crippen LogP) is 3.46. The molecule has 0 aliphatic heterocycles. The Hall–Kier alpha value is -3.13. The molecular formula is C20H21N3O4S. The molecule has 1 heterocycles. The summed E-state index contributed by atoms with van der Waals surface area (Å²) in [4.78, 5) is 28.8. The minimum Gasteiger partial charge on any atom is -0.496 e. The molecule has 3 aromatic rings. The number of anilines is 1. The van der Waals surface area contributed by atoms with Crippen LogP contribution in [0.2, 0.25) is 0 Å². The lowest BCUT2D eigenvalue weighted by atomic mass is 10.2. The summed E-state index contributed by atoms with van der Waals surface area (Å²) in [6.45, 7) is 2.73. The summed E-state index contributed by atoms with van der Waals surface area (Å²) in [7, 11) is 1.51. The fourth-order valence-corrected chi connectivity index (χ4v) is 3.52. The summed E-state index contributed by atoms with van der Waals surface area (Å²) < 4.78 is 11.6. The SMILES string of the molecule is CCOc1ccc2nc(NC(=O)CCNC(=O)c3ccccc3OC)sc2c1. The van der Waals surface area contributed by atoms with Gasteiger partial charge in [0, 0.05) is 13.0 Å². The van der Waals surface area contributed by atoms with Gasteiger partial charge in [-0.05, 0) is 37.3 Å². The third kappa shape index (κ3) is 4.77. The fraction of sp³-hybridized carbons (Fsp3) is 0.250. The lowest BCUT2D eigenvalue weighted by Gasteiger charge is -2.08. The van der Waals surface area contributed by atoms with E-state index in [0.29, 0.717) is 23.1 Å². The summed E-state index contributed by atoms with van der Waals surface area (Å²) in [6, 6.07) is 12.5. The van der Waals surface area contributed by atoms with Gasteiger partial charge in [-0.15, -0.1) is 0 Å². The molecule has 146 valence electrons. The van der Waals surface area contributed by atoms with Crippen molar-refractivity contribution in [2.45, 2.75) is 13.3 Å². The minimum absolute atomic E-state index is 0.140. The van der Waals surface area contributed by atoms with Crippen LogP contribution in [0, 0.1) is 0 Å². The number of fused-ring (bicyclic) bond motifs is 1. The molecule has 7 nitrogen and oxygen atoms in total. The average Bonchev–Trinajstić information content (AvgIpc) is 3.09.